The summed E-state index contributed by atoms with van der Waals surface area (Å²) < 4.78 is 0. The summed E-state index contributed by atoms with van der Waals surface area (Å²) in [5.41, 5.74) is 3.01. The molecule has 0 aliphatic rings. The molecule has 3 nitrogen and oxygen atoms in total. The standard InChI is InChI=1S/C18H26BrNO2/c1-17(2,3)13-8-7-9-14(16(13)18(4,5)6)20-15(22)10-12(21)11-19/h7-9H,10-11H2,1-6H3,(H,20,22). The van der Waals surface area contributed by atoms with Gasteiger partial charge in [0.1, 0.15) is 0 Å². The Kier molecular flexibility index (Phi) is 5.96. The molecule has 0 bridgehead atoms. The lowest BCUT2D eigenvalue weighted by atomic mass is 9.74. The van der Waals surface area contributed by atoms with Crippen molar-refractivity contribution in [3.8, 4) is 0 Å². The first-order valence-electron chi connectivity index (χ1n) is 7.48. The first-order chi connectivity index (χ1) is 9.96. The minimum absolute atomic E-state index is 0.0188. The zero-order chi connectivity index (χ0) is 17.1. The van der Waals surface area contributed by atoms with Gasteiger partial charge in [0.15, 0.2) is 5.78 Å². The maximum absolute atomic E-state index is 12.1. The highest BCUT2D eigenvalue weighted by Gasteiger charge is 2.28. The van der Waals surface area contributed by atoms with Gasteiger partial charge < -0.3 is 5.32 Å². The Morgan fingerprint density at radius 3 is 2.09 bits per heavy atom. The van der Waals surface area contributed by atoms with E-state index < -0.39 is 0 Å². The highest BCUT2D eigenvalue weighted by Crippen LogP contribution is 2.38. The highest BCUT2D eigenvalue weighted by molar-refractivity contribution is 9.09. The summed E-state index contributed by atoms with van der Waals surface area (Å²) in [4.78, 5) is 23.5. The summed E-state index contributed by atoms with van der Waals surface area (Å²) in [6, 6.07) is 5.98. The number of Topliss-reactive ketones (excluding diaryl/α,β-unsaturated/α-hetero) is 1. The van der Waals surface area contributed by atoms with E-state index in [0.717, 1.165) is 11.3 Å². The lowest BCUT2D eigenvalue weighted by Gasteiger charge is -2.32. The maximum atomic E-state index is 12.1. The average Bonchev–Trinajstić information content (AvgIpc) is 2.35. The normalized spacial score (nSPS) is 12.1. The molecule has 0 atom stereocenters. The molecule has 22 heavy (non-hydrogen) atoms. The number of hydrogen-bond donors (Lipinski definition) is 1. The topological polar surface area (TPSA) is 46.2 Å². The first kappa shape index (κ1) is 18.9. The van der Waals surface area contributed by atoms with Crippen molar-refractivity contribution in [2.75, 3.05) is 10.6 Å². The van der Waals surface area contributed by atoms with Crippen molar-refractivity contribution < 1.29 is 9.59 Å². The fourth-order valence-corrected chi connectivity index (χ4v) is 2.71. The number of carbonyl (C=O) groups is 2. The Balaban J connectivity index is 3.26. The molecule has 1 rings (SSSR count). The Labute approximate surface area is 142 Å². The Bertz CT molecular complexity index is 565. The molecule has 0 fully saturated rings. The summed E-state index contributed by atoms with van der Waals surface area (Å²) in [6.45, 7) is 12.9. The number of anilines is 1. The van der Waals surface area contributed by atoms with Crippen LogP contribution in [0.15, 0.2) is 18.2 Å². The molecule has 1 aromatic carbocycles. The Hall–Kier alpha value is -1.16. The van der Waals surface area contributed by atoms with E-state index in [1.54, 1.807) is 0 Å². The van der Waals surface area contributed by atoms with Gasteiger partial charge in [-0.1, -0.05) is 69.6 Å². The van der Waals surface area contributed by atoms with Crippen molar-refractivity contribution in [1.82, 2.24) is 0 Å². The molecular weight excluding hydrogens is 342 g/mol. The number of carbonyl (C=O) groups excluding carboxylic acids is 2. The van der Waals surface area contributed by atoms with Gasteiger partial charge in [0.2, 0.25) is 5.91 Å². The van der Waals surface area contributed by atoms with Gasteiger partial charge in [-0.2, -0.15) is 0 Å². The van der Waals surface area contributed by atoms with Gasteiger partial charge >= 0.3 is 0 Å². The molecule has 0 aromatic heterocycles. The zero-order valence-corrected chi connectivity index (χ0v) is 15.9. The van der Waals surface area contributed by atoms with Crippen molar-refractivity contribution in [3.63, 3.8) is 0 Å². The quantitative estimate of drug-likeness (QED) is 0.625. The van der Waals surface area contributed by atoms with E-state index in [0.29, 0.717) is 0 Å². The van der Waals surface area contributed by atoms with E-state index in [2.05, 4.69) is 68.9 Å². The van der Waals surface area contributed by atoms with Crippen molar-refractivity contribution in [1.29, 1.82) is 0 Å². The van der Waals surface area contributed by atoms with E-state index >= 15 is 0 Å². The predicted molar refractivity (Wildman–Crippen MR) is 95.9 cm³/mol. The Morgan fingerprint density at radius 2 is 1.64 bits per heavy atom. The lowest BCUT2D eigenvalue weighted by molar-refractivity contribution is -0.123. The largest absolute Gasteiger partial charge is 0.325 e. The minimum Gasteiger partial charge on any atom is -0.325 e. The van der Waals surface area contributed by atoms with E-state index in [1.165, 1.54) is 5.56 Å². The van der Waals surface area contributed by atoms with Gasteiger partial charge in [-0.3, -0.25) is 9.59 Å². The third-order valence-corrected chi connectivity index (χ3v) is 4.03. The molecule has 1 N–H and O–H groups in total. The van der Waals surface area contributed by atoms with Crippen LogP contribution in [-0.4, -0.2) is 17.0 Å². The third kappa shape index (κ3) is 4.94. The number of benzene rings is 1. The molecule has 122 valence electrons. The van der Waals surface area contributed by atoms with E-state index in [9.17, 15) is 9.59 Å². The second-order valence-corrected chi connectivity index (χ2v) is 8.19. The fraction of sp³-hybridized carbons (Fsp3) is 0.556. The van der Waals surface area contributed by atoms with Gasteiger partial charge in [0.05, 0.1) is 11.8 Å². The van der Waals surface area contributed by atoms with Crippen LogP contribution in [-0.2, 0) is 20.4 Å². The van der Waals surface area contributed by atoms with Gasteiger partial charge in [0, 0.05) is 5.69 Å². The van der Waals surface area contributed by atoms with Crippen molar-refractivity contribution >= 4 is 33.3 Å². The third-order valence-electron chi connectivity index (χ3n) is 3.40. The van der Waals surface area contributed by atoms with Crippen LogP contribution < -0.4 is 5.32 Å². The molecule has 0 saturated heterocycles. The maximum Gasteiger partial charge on any atom is 0.231 e. The van der Waals surface area contributed by atoms with Crippen LogP contribution in [0, 0.1) is 0 Å². The second-order valence-electron chi connectivity index (χ2n) is 7.63. The number of rotatable bonds is 4. The van der Waals surface area contributed by atoms with Gasteiger partial charge in [-0.15, -0.1) is 0 Å². The number of amides is 1. The average molecular weight is 368 g/mol. The molecular formula is C18H26BrNO2. The molecule has 4 heteroatoms. The molecule has 0 heterocycles. The summed E-state index contributed by atoms with van der Waals surface area (Å²) in [5.74, 6) is -0.386. The zero-order valence-electron chi connectivity index (χ0n) is 14.3. The number of halogens is 1. The lowest BCUT2D eigenvalue weighted by Crippen LogP contribution is -2.26. The summed E-state index contributed by atoms with van der Waals surface area (Å²) in [6.07, 6.45) is -0.103. The smallest absolute Gasteiger partial charge is 0.231 e. The molecule has 0 unspecified atom stereocenters. The second kappa shape index (κ2) is 6.95. The molecule has 0 saturated carbocycles. The van der Waals surface area contributed by atoms with Crippen LogP contribution in [0.25, 0.3) is 0 Å². The minimum atomic E-state index is -0.263. The van der Waals surface area contributed by atoms with Crippen LogP contribution in [0.5, 0.6) is 0 Å². The number of hydrogen-bond acceptors (Lipinski definition) is 2. The Morgan fingerprint density at radius 1 is 1.05 bits per heavy atom. The van der Waals surface area contributed by atoms with E-state index in [1.807, 2.05) is 12.1 Å². The van der Waals surface area contributed by atoms with Gasteiger partial charge in [-0.25, -0.2) is 0 Å². The van der Waals surface area contributed by atoms with E-state index in [4.69, 9.17) is 0 Å². The fourth-order valence-electron chi connectivity index (χ4n) is 2.51. The highest BCUT2D eigenvalue weighted by atomic mass is 79.9. The van der Waals surface area contributed by atoms with Crippen molar-refractivity contribution in [2.45, 2.75) is 58.8 Å². The van der Waals surface area contributed by atoms with Gasteiger partial charge in [-0.05, 0) is 28.0 Å². The van der Waals surface area contributed by atoms with Crippen LogP contribution in [0.1, 0.15) is 59.1 Å². The van der Waals surface area contributed by atoms with Crippen LogP contribution >= 0.6 is 15.9 Å². The predicted octanol–water partition coefficient (Wildman–Crippen LogP) is 4.57. The summed E-state index contributed by atoms with van der Waals surface area (Å²) in [5, 5.41) is 3.12. The first-order valence-corrected chi connectivity index (χ1v) is 8.60. The molecule has 1 amide bonds. The number of nitrogens with one attached hydrogen (secondary N) is 1. The molecule has 0 aliphatic heterocycles. The summed E-state index contributed by atoms with van der Waals surface area (Å²) in [7, 11) is 0. The van der Waals surface area contributed by atoms with Crippen LogP contribution in [0.2, 0.25) is 0 Å². The SMILES string of the molecule is CC(C)(C)c1cccc(NC(=O)CC(=O)CBr)c1C(C)(C)C. The van der Waals surface area contributed by atoms with Crippen molar-refractivity contribution in [2.24, 2.45) is 0 Å². The molecule has 0 radical (unpaired) electrons. The van der Waals surface area contributed by atoms with Crippen molar-refractivity contribution in [3.05, 3.63) is 29.3 Å². The van der Waals surface area contributed by atoms with Crippen LogP contribution in [0.3, 0.4) is 0 Å². The molecule has 0 spiro atoms. The molecule has 0 aliphatic carbocycles. The van der Waals surface area contributed by atoms with E-state index in [-0.39, 0.29) is 34.3 Å². The number of alkyl halides is 1. The molecule has 1 aromatic rings. The monoisotopic (exact) mass is 367 g/mol. The summed E-state index contributed by atoms with van der Waals surface area (Å²) >= 11 is 3.08. The van der Waals surface area contributed by atoms with Gasteiger partial charge in [0.25, 0.3) is 0 Å². The van der Waals surface area contributed by atoms with Crippen LogP contribution in [0.4, 0.5) is 5.69 Å². The number of ketones is 1.